The van der Waals surface area contributed by atoms with Crippen LogP contribution in [0.5, 0.6) is 0 Å². The molecule has 2 aromatic rings. The number of hydrogen-bond donors (Lipinski definition) is 12. The lowest BCUT2D eigenvalue weighted by atomic mass is 10.00. The number of hydrogen-bond acceptors (Lipinski definition) is 15. The molecule has 2 rings (SSSR count). The minimum Gasteiger partial charge on any atom is -0.394 e. The van der Waals surface area contributed by atoms with Crippen LogP contribution in [0.2, 0.25) is 0 Å². The highest BCUT2D eigenvalue weighted by Crippen LogP contribution is 2.15. The summed E-state index contributed by atoms with van der Waals surface area (Å²) in [6.45, 7) is 8.78. The Labute approximate surface area is 478 Å². The summed E-state index contributed by atoms with van der Waals surface area (Å²) in [5.41, 5.74) is 11.8. The van der Waals surface area contributed by atoms with Crippen molar-refractivity contribution in [2.24, 2.45) is 23.3 Å². The van der Waals surface area contributed by atoms with Crippen molar-refractivity contribution < 1.29 is 62.6 Å². The number of aliphatic hydroxyl groups excluding tert-OH is 1. The molecule has 0 heterocycles. The Morgan fingerprint density at radius 2 is 1.09 bits per heavy atom. The van der Waals surface area contributed by atoms with E-state index in [1.54, 1.807) is 74.5 Å². The summed E-state index contributed by atoms with van der Waals surface area (Å²) >= 11 is 4.27. The van der Waals surface area contributed by atoms with Gasteiger partial charge in [0.1, 0.15) is 54.4 Å². The second kappa shape index (κ2) is 34.5. The molecule has 0 aliphatic heterocycles. The summed E-state index contributed by atoms with van der Waals surface area (Å²) in [5.74, 6) is -9.62. The number of rotatable bonds is 33. The monoisotopic (exact) mass is 1150 g/mol. The third-order valence-electron chi connectivity index (χ3n) is 13.1. The molecule has 2 aromatic carbocycles. The standard InChI is InChI=1S/C54H83N13O13S/c1-30(2)23-40(66(9)44(71)28-58-50(76)41(25-36-19-15-12-16-20-36)67(10)53(79)33(6)59-43(70)26-55)51(77)60-32(5)46(72)64-45(31(3)4)52(78)62-38(24-35-17-13-11-14-18-35)49(75)61-37(21-22-81)54(80)65(8)34(7)47(73)63-39(29-68)48(74)57-27-42(56)69/h11-20,30-34,37-41,45,68,81H,21-29,55H2,1-10H3,(H2,56,69)(H,57,74)(H,58,76)(H,59,70)(H,60,77)(H,61,75)(H,62,78)(H,63,73)(H,64,72)/t32-,33-,34-,37-,38-,39-,40-,41-,45-/m0/s1. The van der Waals surface area contributed by atoms with Gasteiger partial charge < -0.3 is 73.8 Å². The first-order chi connectivity index (χ1) is 38.1. The first kappa shape index (κ1) is 69.5. The van der Waals surface area contributed by atoms with E-state index in [2.05, 4.69) is 55.2 Å². The van der Waals surface area contributed by atoms with Crippen LogP contribution in [-0.2, 0) is 70.4 Å². The Kier molecular flexibility index (Phi) is 29.6. The fourth-order valence-electron chi connectivity index (χ4n) is 8.09. The van der Waals surface area contributed by atoms with E-state index in [1.807, 2.05) is 13.8 Å². The average molecular weight is 1150 g/mol. The van der Waals surface area contributed by atoms with Gasteiger partial charge in [0.15, 0.2) is 0 Å². The predicted molar refractivity (Wildman–Crippen MR) is 303 cm³/mol. The molecule has 0 bridgehead atoms. The van der Waals surface area contributed by atoms with E-state index in [-0.39, 0.29) is 43.9 Å². The smallest absolute Gasteiger partial charge is 0.245 e. The van der Waals surface area contributed by atoms with Crippen LogP contribution in [0, 0.1) is 11.8 Å². The first-order valence-electron chi connectivity index (χ1n) is 26.5. The number of likely N-dealkylation sites (N-methyl/N-ethyl adjacent to an activating group) is 3. The molecule has 0 aromatic heterocycles. The van der Waals surface area contributed by atoms with Gasteiger partial charge >= 0.3 is 0 Å². The number of nitrogens with zero attached hydrogens (tertiary/aromatic N) is 3. The predicted octanol–water partition coefficient (Wildman–Crippen LogP) is -3.39. The highest BCUT2D eigenvalue weighted by atomic mass is 32.1. The summed E-state index contributed by atoms with van der Waals surface area (Å²) in [4.78, 5) is 163. The molecule has 9 atom stereocenters. The number of aliphatic hydroxyl groups is 1. The summed E-state index contributed by atoms with van der Waals surface area (Å²) in [6.07, 6.45) is 0.0866. The van der Waals surface area contributed by atoms with Gasteiger partial charge in [-0.2, -0.15) is 12.6 Å². The maximum Gasteiger partial charge on any atom is 0.245 e. The van der Waals surface area contributed by atoms with Crippen LogP contribution in [0.1, 0.15) is 72.4 Å². The van der Waals surface area contributed by atoms with Crippen LogP contribution in [0.4, 0.5) is 0 Å². The van der Waals surface area contributed by atoms with Gasteiger partial charge in [0.05, 0.1) is 26.2 Å². The van der Waals surface area contributed by atoms with Crippen molar-refractivity contribution in [1.29, 1.82) is 0 Å². The van der Waals surface area contributed by atoms with Crippen LogP contribution in [-0.4, -0.2) is 198 Å². The summed E-state index contributed by atoms with van der Waals surface area (Å²) in [6, 6.07) is 6.24. The van der Waals surface area contributed by atoms with E-state index in [1.165, 1.54) is 46.8 Å². The van der Waals surface area contributed by atoms with Crippen molar-refractivity contribution in [3.05, 3.63) is 71.8 Å². The number of thiol groups is 1. The molecule has 0 spiro atoms. The van der Waals surface area contributed by atoms with Crippen molar-refractivity contribution in [2.75, 3.05) is 53.1 Å². The molecule has 27 heteroatoms. The third kappa shape index (κ3) is 22.8. The van der Waals surface area contributed by atoms with Gasteiger partial charge in [-0.3, -0.25) is 57.5 Å². The summed E-state index contributed by atoms with van der Waals surface area (Å²) in [7, 11) is 4.06. The first-order valence-corrected chi connectivity index (χ1v) is 27.1. The number of primary amides is 1. The fourth-order valence-corrected chi connectivity index (χ4v) is 8.35. The average Bonchev–Trinajstić information content (AvgIpc) is 3.44. The van der Waals surface area contributed by atoms with Crippen LogP contribution in [0.25, 0.3) is 0 Å². The Bertz CT molecular complexity index is 2490. The molecule has 0 fully saturated rings. The highest BCUT2D eigenvalue weighted by Gasteiger charge is 2.37. The van der Waals surface area contributed by atoms with E-state index in [0.717, 1.165) is 9.80 Å². The Hall–Kier alpha value is -7.65. The number of carbonyl (C=O) groups excluding carboxylic acids is 12. The van der Waals surface area contributed by atoms with Crippen molar-refractivity contribution in [3.63, 3.8) is 0 Å². The summed E-state index contributed by atoms with van der Waals surface area (Å²) in [5, 5.41) is 30.0. The molecule has 0 radical (unpaired) electrons. The second-order valence-corrected chi connectivity index (χ2v) is 20.8. The zero-order valence-corrected chi connectivity index (χ0v) is 48.7. The quantitative estimate of drug-likeness (QED) is 0.0311. The zero-order valence-electron chi connectivity index (χ0n) is 47.8. The fraction of sp³-hybridized carbons (Fsp3) is 0.556. The second-order valence-electron chi connectivity index (χ2n) is 20.4. The van der Waals surface area contributed by atoms with Crippen LogP contribution in [0.15, 0.2) is 60.7 Å². The zero-order chi connectivity index (χ0) is 61.3. The van der Waals surface area contributed by atoms with Crippen LogP contribution in [0.3, 0.4) is 0 Å². The van der Waals surface area contributed by atoms with E-state index in [4.69, 9.17) is 11.5 Å². The van der Waals surface area contributed by atoms with Gasteiger partial charge in [-0.25, -0.2) is 0 Å². The number of nitrogens with one attached hydrogen (secondary N) is 8. The molecule has 0 aliphatic rings. The van der Waals surface area contributed by atoms with E-state index >= 15 is 0 Å². The lowest BCUT2D eigenvalue weighted by molar-refractivity contribution is -0.143. The SMILES string of the molecule is CC(C)C[C@@H](C(=O)N[C@@H](C)C(=O)N[C@H](C(=O)N[C@@H](Cc1ccccc1)C(=O)N[C@@H](CCS)C(=O)N(C)[C@@H](C)C(=O)N[C@@H](CO)C(=O)NCC(N)=O)C(C)C)N(C)C(=O)CNC(=O)[C@H](Cc1ccccc1)N(C)C(=O)[C@H](C)NC(=O)CN. The van der Waals surface area contributed by atoms with Gasteiger partial charge in [0, 0.05) is 34.0 Å². The number of nitrogens with two attached hydrogens (primary N) is 2. The molecular weight excluding hydrogens is 1070 g/mol. The van der Waals surface area contributed by atoms with Gasteiger partial charge in [-0.05, 0) is 62.3 Å². The normalized spacial score (nSPS) is 14.4. The third-order valence-corrected chi connectivity index (χ3v) is 13.4. The van der Waals surface area contributed by atoms with Gasteiger partial charge in [-0.1, -0.05) is 88.4 Å². The number of amides is 12. The minimum absolute atomic E-state index is 0.0314. The van der Waals surface area contributed by atoms with Gasteiger partial charge in [-0.15, -0.1) is 0 Å². The maximum atomic E-state index is 14.2. The van der Waals surface area contributed by atoms with Gasteiger partial charge in [0.25, 0.3) is 0 Å². The molecule has 26 nitrogen and oxygen atoms in total. The lowest BCUT2D eigenvalue weighted by Gasteiger charge is -2.32. The molecule has 12 amide bonds. The Morgan fingerprint density at radius 3 is 1.60 bits per heavy atom. The molecule has 448 valence electrons. The summed E-state index contributed by atoms with van der Waals surface area (Å²) < 4.78 is 0. The molecule has 81 heavy (non-hydrogen) atoms. The maximum absolute atomic E-state index is 14.2. The lowest BCUT2D eigenvalue weighted by Crippen LogP contribution is -2.61. The molecule has 0 saturated carbocycles. The van der Waals surface area contributed by atoms with Gasteiger partial charge in [0.2, 0.25) is 70.9 Å². The van der Waals surface area contributed by atoms with Crippen molar-refractivity contribution in [3.8, 4) is 0 Å². The number of benzene rings is 2. The Morgan fingerprint density at radius 1 is 0.543 bits per heavy atom. The minimum atomic E-state index is -1.49. The van der Waals surface area contributed by atoms with Crippen molar-refractivity contribution in [1.82, 2.24) is 57.2 Å². The Balaban J connectivity index is 2.28. The van der Waals surface area contributed by atoms with E-state index in [0.29, 0.717) is 11.1 Å². The van der Waals surface area contributed by atoms with E-state index < -0.39 is 151 Å². The highest BCUT2D eigenvalue weighted by molar-refractivity contribution is 7.80. The van der Waals surface area contributed by atoms with Crippen LogP contribution >= 0.6 is 12.6 Å². The topological polar surface area (TPSA) is 383 Å². The molecule has 0 unspecified atom stereocenters. The van der Waals surface area contributed by atoms with Crippen LogP contribution < -0.4 is 54.0 Å². The molecule has 0 aliphatic carbocycles. The largest absolute Gasteiger partial charge is 0.394 e. The van der Waals surface area contributed by atoms with Crippen molar-refractivity contribution >= 4 is 83.5 Å². The molecular formula is C54H83N13O13S. The van der Waals surface area contributed by atoms with E-state index in [9.17, 15) is 62.6 Å². The van der Waals surface area contributed by atoms with Crippen molar-refractivity contribution in [2.45, 2.75) is 129 Å². The number of carbonyl (C=O) groups is 12. The molecule has 0 saturated heterocycles. The molecule has 13 N–H and O–H groups in total.